The van der Waals surface area contributed by atoms with Gasteiger partial charge in [-0.3, -0.25) is 0 Å². The molecule has 2 rings (SSSR count). The molecule has 1 unspecified atom stereocenters. The summed E-state index contributed by atoms with van der Waals surface area (Å²) in [6, 6.07) is 0.629. The first kappa shape index (κ1) is 13.4. The van der Waals surface area contributed by atoms with Crippen molar-refractivity contribution in [3.8, 4) is 0 Å². The van der Waals surface area contributed by atoms with E-state index in [1.807, 2.05) is 13.8 Å². The molecule has 0 amide bonds. The van der Waals surface area contributed by atoms with Crippen molar-refractivity contribution in [1.29, 1.82) is 0 Å². The van der Waals surface area contributed by atoms with E-state index in [-0.39, 0.29) is 5.54 Å². The minimum atomic E-state index is -0.668. The molecule has 0 heterocycles. The van der Waals surface area contributed by atoms with Gasteiger partial charge >= 0.3 is 0 Å². The fourth-order valence-corrected chi connectivity index (χ4v) is 3.39. The largest absolute Gasteiger partial charge is 0.389 e. The Morgan fingerprint density at radius 3 is 2.00 bits per heavy atom. The highest BCUT2D eigenvalue weighted by molar-refractivity contribution is 5.06. The predicted octanol–water partition coefficient (Wildman–Crippen LogP) is 3.24. The van der Waals surface area contributed by atoms with Crippen LogP contribution in [0, 0.1) is 5.41 Å². The van der Waals surface area contributed by atoms with Crippen LogP contribution >= 0.6 is 0 Å². The predicted molar refractivity (Wildman–Crippen MR) is 72.1 cm³/mol. The first-order chi connectivity index (χ1) is 7.77. The standard InChI is InChI=1S/C15H29NO/c1-13(2,14(3,4)17)16-12-8-11-15(12)9-6-5-7-10-15/h12,16-17H,5-11H2,1-4H3. The van der Waals surface area contributed by atoms with Gasteiger partial charge in [0.2, 0.25) is 0 Å². The van der Waals surface area contributed by atoms with Crippen molar-refractivity contribution in [2.45, 2.75) is 89.8 Å². The van der Waals surface area contributed by atoms with Gasteiger partial charge in [0.1, 0.15) is 0 Å². The van der Waals surface area contributed by atoms with E-state index in [1.54, 1.807) is 0 Å². The number of hydrogen-bond acceptors (Lipinski definition) is 2. The molecule has 2 heteroatoms. The molecule has 0 aliphatic heterocycles. The third kappa shape index (κ3) is 2.39. The van der Waals surface area contributed by atoms with Crippen molar-refractivity contribution in [3.63, 3.8) is 0 Å². The molecule has 100 valence electrons. The van der Waals surface area contributed by atoms with Gasteiger partial charge in [-0.2, -0.15) is 0 Å². The normalized spacial score (nSPS) is 29.1. The first-order valence-corrected chi connectivity index (χ1v) is 7.27. The quantitative estimate of drug-likeness (QED) is 0.792. The van der Waals surface area contributed by atoms with Crippen LogP contribution in [-0.2, 0) is 0 Å². The summed E-state index contributed by atoms with van der Waals surface area (Å²) in [7, 11) is 0. The van der Waals surface area contributed by atoms with Crippen molar-refractivity contribution in [3.05, 3.63) is 0 Å². The van der Waals surface area contributed by atoms with Crippen molar-refractivity contribution >= 4 is 0 Å². The summed E-state index contributed by atoms with van der Waals surface area (Å²) in [5.74, 6) is 0. The molecule has 2 aliphatic rings. The zero-order valence-corrected chi connectivity index (χ0v) is 12.0. The van der Waals surface area contributed by atoms with Crippen LogP contribution in [0.3, 0.4) is 0 Å². The van der Waals surface area contributed by atoms with Gasteiger partial charge in [0.15, 0.2) is 0 Å². The van der Waals surface area contributed by atoms with Crippen molar-refractivity contribution < 1.29 is 5.11 Å². The lowest BCUT2D eigenvalue weighted by molar-refractivity contribution is -0.0525. The Labute approximate surface area is 106 Å². The van der Waals surface area contributed by atoms with Crippen LogP contribution in [0.5, 0.6) is 0 Å². The van der Waals surface area contributed by atoms with E-state index >= 15 is 0 Å². The molecule has 0 saturated heterocycles. The summed E-state index contributed by atoms with van der Waals surface area (Å²) < 4.78 is 0. The van der Waals surface area contributed by atoms with Crippen molar-refractivity contribution in [2.75, 3.05) is 0 Å². The third-order valence-electron chi connectivity index (χ3n) is 5.58. The zero-order chi connectivity index (χ0) is 12.7. The molecule has 2 saturated carbocycles. The monoisotopic (exact) mass is 239 g/mol. The highest BCUT2D eigenvalue weighted by Gasteiger charge is 2.50. The van der Waals surface area contributed by atoms with Gasteiger partial charge in [0, 0.05) is 11.6 Å². The first-order valence-electron chi connectivity index (χ1n) is 7.27. The second kappa shape index (κ2) is 4.24. The molecule has 0 aromatic rings. The maximum absolute atomic E-state index is 10.2. The van der Waals surface area contributed by atoms with Gasteiger partial charge < -0.3 is 10.4 Å². The smallest absolute Gasteiger partial charge is 0.0767 e. The average molecular weight is 239 g/mol. The molecular weight excluding hydrogens is 210 g/mol. The van der Waals surface area contributed by atoms with Crippen LogP contribution < -0.4 is 5.32 Å². The molecule has 0 radical (unpaired) electrons. The van der Waals surface area contributed by atoms with Crippen LogP contribution in [0.4, 0.5) is 0 Å². The summed E-state index contributed by atoms with van der Waals surface area (Å²) >= 11 is 0. The summed E-state index contributed by atoms with van der Waals surface area (Å²) in [5.41, 5.74) is -0.304. The molecule has 2 aliphatic carbocycles. The second-order valence-corrected chi connectivity index (χ2v) is 7.34. The van der Waals surface area contributed by atoms with Gasteiger partial charge in [-0.1, -0.05) is 19.3 Å². The Hall–Kier alpha value is -0.0800. The number of rotatable bonds is 3. The van der Waals surface area contributed by atoms with Gasteiger partial charge in [-0.15, -0.1) is 0 Å². The third-order valence-corrected chi connectivity index (χ3v) is 5.58. The maximum Gasteiger partial charge on any atom is 0.0767 e. The molecule has 2 N–H and O–H groups in total. The molecule has 1 atom stereocenters. The Bertz CT molecular complexity index is 271. The van der Waals surface area contributed by atoms with E-state index < -0.39 is 5.60 Å². The van der Waals surface area contributed by atoms with E-state index in [9.17, 15) is 5.11 Å². The lowest BCUT2D eigenvalue weighted by Crippen LogP contribution is -2.65. The lowest BCUT2D eigenvalue weighted by Gasteiger charge is -2.56. The Kier molecular flexibility index (Phi) is 3.33. The van der Waals surface area contributed by atoms with E-state index in [1.165, 1.54) is 44.9 Å². The summed E-state index contributed by atoms with van der Waals surface area (Å²) in [5, 5.41) is 14.0. The van der Waals surface area contributed by atoms with Crippen LogP contribution in [0.1, 0.15) is 72.6 Å². The fourth-order valence-electron chi connectivity index (χ4n) is 3.39. The topological polar surface area (TPSA) is 32.3 Å². The summed E-state index contributed by atoms with van der Waals surface area (Å²) in [6.07, 6.45) is 9.71. The number of aliphatic hydroxyl groups is 1. The zero-order valence-electron chi connectivity index (χ0n) is 12.0. The van der Waals surface area contributed by atoms with Gasteiger partial charge in [-0.05, 0) is 58.8 Å². The molecule has 1 spiro atoms. The SMILES string of the molecule is CC(C)(O)C(C)(C)NC1CCC12CCCCC2. The van der Waals surface area contributed by atoms with Crippen LogP contribution in [-0.4, -0.2) is 22.3 Å². The number of hydrogen-bond donors (Lipinski definition) is 2. The van der Waals surface area contributed by atoms with Gasteiger partial charge in [0.25, 0.3) is 0 Å². The van der Waals surface area contributed by atoms with E-state index in [4.69, 9.17) is 0 Å². The molecule has 0 bridgehead atoms. The van der Waals surface area contributed by atoms with Crippen LogP contribution in [0.25, 0.3) is 0 Å². The van der Waals surface area contributed by atoms with Crippen LogP contribution in [0.2, 0.25) is 0 Å². The molecule has 0 aromatic heterocycles. The summed E-state index contributed by atoms with van der Waals surface area (Å²) in [4.78, 5) is 0. The van der Waals surface area contributed by atoms with E-state index in [2.05, 4.69) is 19.2 Å². The second-order valence-electron chi connectivity index (χ2n) is 7.34. The molecule has 0 aromatic carbocycles. The molecular formula is C15H29NO. The number of nitrogens with one attached hydrogen (secondary N) is 1. The van der Waals surface area contributed by atoms with E-state index in [0.717, 1.165) is 0 Å². The fraction of sp³-hybridized carbons (Fsp3) is 1.00. The van der Waals surface area contributed by atoms with E-state index in [0.29, 0.717) is 11.5 Å². The highest BCUT2D eigenvalue weighted by atomic mass is 16.3. The molecule has 17 heavy (non-hydrogen) atoms. The van der Waals surface area contributed by atoms with Gasteiger partial charge in [0.05, 0.1) is 5.60 Å². The van der Waals surface area contributed by atoms with Crippen molar-refractivity contribution in [1.82, 2.24) is 5.32 Å². The summed E-state index contributed by atoms with van der Waals surface area (Å²) in [6.45, 7) is 8.07. The molecule has 2 fully saturated rings. The van der Waals surface area contributed by atoms with Crippen LogP contribution in [0.15, 0.2) is 0 Å². The minimum Gasteiger partial charge on any atom is -0.389 e. The van der Waals surface area contributed by atoms with Gasteiger partial charge in [-0.25, -0.2) is 0 Å². The average Bonchev–Trinajstić information content (AvgIpc) is 2.24. The highest BCUT2D eigenvalue weighted by Crippen LogP contribution is 2.52. The molecule has 2 nitrogen and oxygen atoms in total. The lowest BCUT2D eigenvalue weighted by atomic mass is 9.56. The Morgan fingerprint density at radius 2 is 1.59 bits per heavy atom. The maximum atomic E-state index is 10.2. The Balaban J connectivity index is 2.00. The Morgan fingerprint density at radius 1 is 1.00 bits per heavy atom. The minimum absolute atomic E-state index is 0.206. The van der Waals surface area contributed by atoms with Crippen molar-refractivity contribution in [2.24, 2.45) is 5.41 Å².